The van der Waals surface area contributed by atoms with Gasteiger partial charge in [0.2, 0.25) is 0 Å². The summed E-state index contributed by atoms with van der Waals surface area (Å²) in [5.74, 6) is 0.0958. The number of fused-ring (bicyclic) bond motifs is 1. The van der Waals surface area contributed by atoms with Crippen molar-refractivity contribution in [1.29, 1.82) is 0 Å². The first kappa shape index (κ1) is 11.7. The first-order chi connectivity index (χ1) is 8.77. The lowest BCUT2D eigenvalue weighted by atomic mass is 10.1. The molecule has 0 unspecified atom stereocenters. The Balaban J connectivity index is 2.00. The van der Waals surface area contributed by atoms with Gasteiger partial charge in [0.05, 0.1) is 5.69 Å². The smallest absolute Gasteiger partial charge is 0.258 e. The van der Waals surface area contributed by atoms with Gasteiger partial charge in [-0.15, -0.1) is 0 Å². The number of hydrogen-bond donors (Lipinski definition) is 0. The monoisotopic (exact) mass is 349 g/mol. The van der Waals surface area contributed by atoms with Gasteiger partial charge in [0.15, 0.2) is 0 Å². The van der Waals surface area contributed by atoms with E-state index in [2.05, 4.69) is 40.8 Å². The third kappa shape index (κ3) is 1.92. The van der Waals surface area contributed by atoms with Crippen LogP contribution in [0, 0.1) is 3.57 Å². The van der Waals surface area contributed by atoms with Gasteiger partial charge in [0, 0.05) is 15.7 Å². The maximum Gasteiger partial charge on any atom is 0.258 e. The van der Waals surface area contributed by atoms with Crippen molar-refractivity contribution in [3.05, 3.63) is 63.2 Å². The minimum Gasteiger partial charge on any atom is -0.307 e. The quantitative estimate of drug-likeness (QED) is 0.722. The molecule has 2 nitrogen and oxygen atoms in total. The van der Waals surface area contributed by atoms with Crippen molar-refractivity contribution in [3.63, 3.8) is 0 Å². The molecule has 90 valence electrons. The fraction of sp³-hybridized carbons (Fsp3) is 0.133. The van der Waals surface area contributed by atoms with E-state index in [1.54, 1.807) is 0 Å². The van der Waals surface area contributed by atoms with E-state index in [0.29, 0.717) is 0 Å². The van der Waals surface area contributed by atoms with Gasteiger partial charge in [-0.05, 0) is 52.8 Å². The zero-order valence-electron chi connectivity index (χ0n) is 9.77. The Morgan fingerprint density at radius 1 is 1.06 bits per heavy atom. The van der Waals surface area contributed by atoms with E-state index in [-0.39, 0.29) is 5.91 Å². The minimum atomic E-state index is 0.0958. The number of benzene rings is 2. The van der Waals surface area contributed by atoms with Crippen LogP contribution in [0.2, 0.25) is 0 Å². The topological polar surface area (TPSA) is 20.3 Å². The summed E-state index contributed by atoms with van der Waals surface area (Å²) in [4.78, 5) is 14.4. The van der Waals surface area contributed by atoms with E-state index >= 15 is 0 Å². The lowest BCUT2D eigenvalue weighted by molar-refractivity contribution is 0.0989. The molecular weight excluding hydrogens is 337 g/mol. The summed E-state index contributed by atoms with van der Waals surface area (Å²) in [6, 6.07) is 15.7. The van der Waals surface area contributed by atoms with E-state index in [1.165, 1.54) is 5.56 Å². The van der Waals surface area contributed by atoms with Crippen molar-refractivity contribution in [3.8, 4) is 0 Å². The Morgan fingerprint density at radius 3 is 2.61 bits per heavy atom. The van der Waals surface area contributed by atoms with E-state index in [4.69, 9.17) is 0 Å². The number of anilines is 1. The number of carbonyl (C=O) groups excluding carboxylic acids is 1. The lowest BCUT2D eigenvalue weighted by Gasteiger charge is -2.18. The number of halogens is 1. The Morgan fingerprint density at radius 2 is 1.83 bits per heavy atom. The molecule has 1 aliphatic rings. The summed E-state index contributed by atoms with van der Waals surface area (Å²) in [6.45, 7) is 0.781. The summed E-state index contributed by atoms with van der Waals surface area (Å²) < 4.78 is 1.15. The summed E-state index contributed by atoms with van der Waals surface area (Å²) in [6.07, 6.45) is 0.949. The SMILES string of the molecule is O=C(c1ccccc1)N1CCc2cccc(I)c21. The van der Waals surface area contributed by atoms with Crippen LogP contribution < -0.4 is 4.90 Å². The molecular formula is C15H12INO. The molecule has 18 heavy (non-hydrogen) atoms. The molecule has 2 aromatic carbocycles. The molecule has 0 radical (unpaired) electrons. The molecule has 0 spiro atoms. The third-order valence-electron chi connectivity index (χ3n) is 3.21. The normalized spacial score (nSPS) is 13.5. The molecule has 0 atom stereocenters. The van der Waals surface area contributed by atoms with Crippen LogP contribution in [0.15, 0.2) is 48.5 Å². The van der Waals surface area contributed by atoms with Crippen LogP contribution in [0.5, 0.6) is 0 Å². The predicted octanol–water partition coefficient (Wildman–Crippen LogP) is 3.49. The number of amides is 1. The van der Waals surface area contributed by atoms with Crippen LogP contribution in [0.4, 0.5) is 5.69 Å². The molecule has 1 aliphatic heterocycles. The second-order valence-electron chi connectivity index (χ2n) is 4.32. The Hall–Kier alpha value is -1.36. The van der Waals surface area contributed by atoms with Crippen molar-refractivity contribution >= 4 is 34.2 Å². The van der Waals surface area contributed by atoms with Crippen molar-refractivity contribution in [1.82, 2.24) is 0 Å². The highest BCUT2D eigenvalue weighted by atomic mass is 127. The summed E-state index contributed by atoms with van der Waals surface area (Å²) in [5, 5.41) is 0. The van der Waals surface area contributed by atoms with Gasteiger partial charge in [0.1, 0.15) is 0 Å². The van der Waals surface area contributed by atoms with Gasteiger partial charge in [-0.2, -0.15) is 0 Å². The Bertz CT molecular complexity index is 595. The van der Waals surface area contributed by atoms with Gasteiger partial charge in [-0.1, -0.05) is 30.3 Å². The number of carbonyl (C=O) groups is 1. The minimum absolute atomic E-state index is 0.0958. The highest BCUT2D eigenvalue weighted by Crippen LogP contribution is 2.33. The first-order valence-corrected chi connectivity index (χ1v) is 6.99. The van der Waals surface area contributed by atoms with E-state index in [9.17, 15) is 4.79 Å². The Kier molecular flexibility index (Phi) is 3.07. The Labute approximate surface area is 120 Å². The van der Waals surface area contributed by atoms with Gasteiger partial charge in [-0.25, -0.2) is 0 Å². The molecule has 0 saturated heterocycles. The average molecular weight is 349 g/mol. The third-order valence-corrected chi connectivity index (χ3v) is 4.08. The van der Waals surface area contributed by atoms with Crippen LogP contribution >= 0.6 is 22.6 Å². The molecule has 3 heteroatoms. The average Bonchev–Trinajstić information content (AvgIpc) is 2.84. The zero-order chi connectivity index (χ0) is 12.5. The highest BCUT2D eigenvalue weighted by molar-refractivity contribution is 14.1. The fourth-order valence-corrected chi connectivity index (χ4v) is 3.19. The number of nitrogens with zero attached hydrogens (tertiary/aromatic N) is 1. The van der Waals surface area contributed by atoms with Crippen molar-refractivity contribution in [2.24, 2.45) is 0 Å². The van der Waals surface area contributed by atoms with Crippen LogP contribution in [0.3, 0.4) is 0 Å². The van der Waals surface area contributed by atoms with E-state index < -0.39 is 0 Å². The molecule has 3 rings (SSSR count). The van der Waals surface area contributed by atoms with Crippen molar-refractivity contribution in [2.45, 2.75) is 6.42 Å². The van der Waals surface area contributed by atoms with Gasteiger partial charge in [0.25, 0.3) is 5.91 Å². The van der Waals surface area contributed by atoms with Crippen LogP contribution in [-0.2, 0) is 6.42 Å². The highest BCUT2D eigenvalue weighted by Gasteiger charge is 2.27. The second-order valence-corrected chi connectivity index (χ2v) is 5.48. The molecule has 0 aromatic heterocycles. The summed E-state index contributed by atoms with van der Waals surface area (Å²) in [5.41, 5.74) is 3.11. The number of para-hydroxylation sites is 1. The number of rotatable bonds is 1. The van der Waals surface area contributed by atoms with Crippen LogP contribution in [-0.4, -0.2) is 12.5 Å². The second kappa shape index (κ2) is 4.72. The molecule has 0 bridgehead atoms. The van der Waals surface area contributed by atoms with Gasteiger partial charge >= 0.3 is 0 Å². The molecule has 0 fully saturated rings. The van der Waals surface area contributed by atoms with Crippen molar-refractivity contribution in [2.75, 3.05) is 11.4 Å². The molecule has 0 aliphatic carbocycles. The predicted molar refractivity (Wildman–Crippen MR) is 81.0 cm³/mol. The standard InChI is InChI=1S/C15H12INO/c16-13-8-4-7-11-9-10-17(14(11)13)15(18)12-5-2-1-3-6-12/h1-8H,9-10H2. The van der Waals surface area contributed by atoms with Crippen LogP contribution in [0.25, 0.3) is 0 Å². The lowest BCUT2D eigenvalue weighted by Crippen LogP contribution is -2.29. The first-order valence-electron chi connectivity index (χ1n) is 5.91. The zero-order valence-corrected chi connectivity index (χ0v) is 11.9. The van der Waals surface area contributed by atoms with Gasteiger partial charge in [-0.3, -0.25) is 4.79 Å². The maximum atomic E-state index is 12.5. The molecule has 0 N–H and O–H groups in total. The molecule has 2 aromatic rings. The fourth-order valence-electron chi connectivity index (χ4n) is 2.35. The van der Waals surface area contributed by atoms with Gasteiger partial charge < -0.3 is 4.90 Å². The number of hydrogen-bond acceptors (Lipinski definition) is 1. The summed E-state index contributed by atoms with van der Waals surface area (Å²) >= 11 is 2.30. The molecule has 1 heterocycles. The van der Waals surface area contributed by atoms with E-state index in [0.717, 1.165) is 27.8 Å². The van der Waals surface area contributed by atoms with Crippen molar-refractivity contribution < 1.29 is 4.79 Å². The summed E-state index contributed by atoms with van der Waals surface area (Å²) in [7, 11) is 0. The molecule has 1 amide bonds. The van der Waals surface area contributed by atoms with E-state index in [1.807, 2.05) is 35.2 Å². The van der Waals surface area contributed by atoms with Crippen LogP contribution in [0.1, 0.15) is 15.9 Å². The molecule has 0 saturated carbocycles. The maximum absolute atomic E-state index is 12.5. The largest absolute Gasteiger partial charge is 0.307 e.